The fourth-order valence-corrected chi connectivity index (χ4v) is 7.09. The minimum absolute atomic E-state index is 0.443. The van der Waals surface area contributed by atoms with E-state index in [1.807, 2.05) is 0 Å². The maximum Gasteiger partial charge on any atom is 0.0402 e. The van der Waals surface area contributed by atoms with Gasteiger partial charge < -0.3 is 4.90 Å². The lowest BCUT2D eigenvalue weighted by atomic mass is 9.60. The second-order valence-electron chi connectivity index (χ2n) is 12.0. The van der Waals surface area contributed by atoms with Gasteiger partial charge in [0.15, 0.2) is 0 Å². The molecular formula is C27H44N2. The molecule has 0 radical (unpaired) electrons. The van der Waals surface area contributed by atoms with E-state index in [-0.39, 0.29) is 0 Å². The summed E-state index contributed by atoms with van der Waals surface area (Å²) in [5, 5.41) is 0. The van der Waals surface area contributed by atoms with Crippen molar-refractivity contribution in [2.75, 3.05) is 37.6 Å². The van der Waals surface area contributed by atoms with Gasteiger partial charge in [0.05, 0.1) is 0 Å². The van der Waals surface area contributed by atoms with Crippen LogP contribution in [0.25, 0.3) is 0 Å². The summed E-state index contributed by atoms with van der Waals surface area (Å²) in [5.41, 5.74) is 4.04. The first-order chi connectivity index (χ1) is 13.8. The Kier molecular flexibility index (Phi) is 6.30. The molecule has 1 aromatic carbocycles. The molecule has 0 spiro atoms. The van der Waals surface area contributed by atoms with Crippen LogP contribution in [0.2, 0.25) is 0 Å². The molecule has 1 saturated heterocycles. The van der Waals surface area contributed by atoms with Crippen LogP contribution in [0.3, 0.4) is 0 Å². The van der Waals surface area contributed by atoms with E-state index < -0.39 is 0 Å². The molecule has 0 N–H and O–H groups in total. The minimum Gasteiger partial charge on any atom is -0.369 e. The molecule has 1 aromatic rings. The lowest BCUT2D eigenvalue weighted by Crippen LogP contribution is -2.48. The Morgan fingerprint density at radius 3 is 2.10 bits per heavy atom. The predicted octanol–water partition coefficient (Wildman–Crippen LogP) is 6.71. The molecule has 0 bridgehead atoms. The average Bonchev–Trinajstić information content (AvgIpc) is 2.67. The fourth-order valence-electron chi connectivity index (χ4n) is 7.09. The Morgan fingerprint density at radius 1 is 0.828 bits per heavy atom. The monoisotopic (exact) mass is 396 g/mol. The van der Waals surface area contributed by atoms with Crippen LogP contribution in [-0.4, -0.2) is 37.6 Å². The summed E-state index contributed by atoms with van der Waals surface area (Å²) in [6.45, 7) is 16.1. The normalized spacial score (nSPS) is 26.6. The number of piperazine rings is 1. The molecule has 0 aromatic heterocycles. The number of anilines is 1. The Hall–Kier alpha value is -1.02. The van der Waals surface area contributed by atoms with Crippen molar-refractivity contribution in [1.29, 1.82) is 0 Å². The van der Waals surface area contributed by atoms with Gasteiger partial charge in [-0.3, -0.25) is 4.90 Å². The molecule has 2 heteroatoms. The van der Waals surface area contributed by atoms with Crippen LogP contribution in [0.1, 0.15) is 90.5 Å². The summed E-state index contributed by atoms with van der Waals surface area (Å²) < 4.78 is 0. The highest BCUT2D eigenvalue weighted by molar-refractivity contribution is 5.56. The molecule has 1 heterocycles. The van der Waals surface area contributed by atoms with Gasteiger partial charge in [0.1, 0.15) is 0 Å². The first kappa shape index (κ1) is 21.2. The Bertz CT molecular complexity index is 647. The zero-order chi connectivity index (χ0) is 20.5. The zero-order valence-electron chi connectivity index (χ0n) is 19.6. The maximum atomic E-state index is 2.75. The second kappa shape index (κ2) is 8.61. The summed E-state index contributed by atoms with van der Waals surface area (Å²) in [6.07, 6.45) is 11.3. The van der Waals surface area contributed by atoms with Gasteiger partial charge in [-0.2, -0.15) is 0 Å². The highest BCUT2D eigenvalue weighted by Crippen LogP contribution is 2.53. The molecule has 1 aliphatic heterocycles. The van der Waals surface area contributed by atoms with Crippen molar-refractivity contribution in [3.8, 4) is 0 Å². The molecule has 0 amide bonds. The van der Waals surface area contributed by atoms with Crippen LogP contribution in [0.5, 0.6) is 0 Å². The number of benzene rings is 1. The summed E-state index contributed by atoms with van der Waals surface area (Å²) in [7, 11) is 0. The minimum atomic E-state index is 0.443. The lowest BCUT2D eigenvalue weighted by molar-refractivity contribution is 0.0969. The summed E-state index contributed by atoms with van der Waals surface area (Å²) in [4.78, 5) is 5.45. The number of hydrogen-bond donors (Lipinski definition) is 0. The van der Waals surface area contributed by atoms with Gasteiger partial charge in [0.25, 0.3) is 0 Å². The van der Waals surface area contributed by atoms with Gasteiger partial charge >= 0.3 is 0 Å². The Balaban J connectivity index is 1.42. The first-order valence-electron chi connectivity index (χ1n) is 12.4. The smallest absolute Gasteiger partial charge is 0.0402 e. The summed E-state index contributed by atoms with van der Waals surface area (Å²) in [5.74, 6) is 1.67. The van der Waals surface area contributed by atoms with Crippen molar-refractivity contribution in [2.45, 2.75) is 85.0 Å². The highest BCUT2D eigenvalue weighted by atomic mass is 15.3. The van der Waals surface area contributed by atoms with Gasteiger partial charge in [-0.25, -0.2) is 0 Å². The average molecular weight is 397 g/mol. The molecule has 0 atom stereocenters. The largest absolute Gasteiger partial charge is 0.369 e. The van der Waals surface area contributed by atoms with Gasteiger partial charge in [0, 0.05) is 38.4 Å². The van der Waals surface area contributed by atoms with Crippen LogP contribution in [0.15, 0.2) is 24.3 Å². The van der Waals surface area contributed by atoms with Crippen molar-refractivity contribution < 1.29 is 0 Å². The van der Waals surface area contributed by atoms with Crippen LogP contribution in [0, 0.1) is 16.7 Å². The van der Waals surface area contributed by atoms with E-state index in [1.54, 1.807) is 5.56 Å². The van der Waals surface area contributed by atoms with Crippen molar-refractivity contribution in [3.63, 3.8) is 0 Å². The quantitative estimate of drug-likeness (QED) is 0.558. The van der Waals surface area contributed by atoms with Crippen molar-refractivity contribution >= 4 is 5.69 Å². The van der Waals surface area contributed by atoms with Crippen LogP contribution in [-0.2, 0) is 0 Å². The molecule has 3 aliphatic rings. The number of para-hydroxylation sites is 1. The molecule has 29 heavy (non-hydrogen) atoms. The molecule has 2 saturated carbocycles. The number of nitrogens with zero attached hydrogens (tertiary/aromatic N) is 2. The van der Waals surface area contributed by atoms with Crippen molar-refractivity contribution in [3.05, 3.63) is 29.8 Å². The van der Waals surface area contributed by atoms with Gasteiger partial charge in [-0.15, -0.1) is 0 Å². The molecule has 2 aliphatic carbocycles. The topological polar surface area (TPSA) is 6.48 Å². The third-order valence-corrected chi connectivity index (χ3v) is 7.89. The molecule has 162 valence electrons. The number of hydrogen-bond acceptors (Lipinski definition) is 2. The molecule has 3 fully saturated rings. The van der Waals surface area contributed by atoms with Gasteiger partial charge in [-0.05, 0) is 66.4 Å². The highest BCUT2D eigenvalue weighted by Gasteiger charge is 2.39. The van der Waals surface area contributed by atoms with Crippen molar-refractivity contribution in [2.24, 2.45) is 16.7 Å². The van der Waals surface area contributed by atoms with Crippen LogP contribution < -0.4 is 4.90 Å². The van der Waals surface area contributed by atoms with Crippen LogP contribution >= 0.6 is 0 Å². The van der Waals surface area contributed by atoms with E-state index in [1.165, 1.54) is 89.8 Å². The standard InChI is InChI=1S/C27H44N2/c1-26(2)18-23(19-27(3,4)21-26)24-12-8-9-13-25(24)29-16-14-28(15-17-29)20-22-10-6-5-7-11-22/h8-9,12-13,22-23H,5-7,10-11,14-21H2,1-4H3. The number of rotatable bonds is 4. The maximum absolute atomic E-state index is 2.75. The molecule has 4 rings (SSSR count). The fraction of sp³-hybridized carbons (Fsp3) is 0.778. The first-order valence-corrected chi connectivity index (χ1v) is 12.4. The van der Waals surface area contributed by atoms with E-state index >= 15 is 0 Å². The Labute approximate surface area is 180 Å². The van der Waals surface area contributed by atoms with E-state index in [0.717, 1.165) is 5.92 Å². The molecule has 0 unspecified atom stereocenters. The summed E-state index contributed by atoms with van der Waals surface area (Å²) >= 11 is 0. The van der Waals surface area contributed by atoms with E-state index in [9.17, 15) is 0 Å². The van der Waals surface area contributed by atoms with Gasteiger partial charge in [0.2, 0.25) is 0 Å². The zero-order valence-corrected chi connectivity index (χ0v) is 19.6. The summed E-state index contributed by atoms with van der Waals surface area (Å²) in [6, 6.07) is 9.37. The van der Waals surface area contributed by atoms with Crippen LogP contribution in [0.4, 0.5) is 5.69 Å². The van der Waals surface area contributed by atoms with E-state index in [2.05, 4.69) is 61.8 Å². The molecule has 2 nitrogen and oxygen atoms in total. The third kappa shape index (κ3) is 5.37. The Morgan fingerprint density at radius 2 is 1.45 bits per heavy atom. The lowest BCUT2D eigenvalue weighted by Gasteiger charge is -2.46. The predicted molar refractivity (Wildman–Crippen MR) is 126 cm³/mol. The molecular weight excluding hydrogens is 352 g/mol. The van der Waals surface area contributed by atoms with Gasteiger partial charge in [-0.1, -0.05) is 65.2 Å². The second-order valence-corrected chi connectivity index (χ2v) is 12.0. The SMILES string of the molecule is CC1(C)CC(c2ccccc2N2CCN(CC3CCCCC3)CC2)CC(C)(C)C1. The van der Waals surface area contributed by atoms with E-state index in [4.69, 9.17) is 0 Å². The van der Waals surface area contributed by atoms with Crippen molar-refractivity contribution in [1.82, 2.24) is 4.90 Å². The van der Waals surface area contributed by atoms with E-state index in [0.29, 0.717) is 16.7 Å². The third-order valence-electron chi connectivity index (χ3n) is 7.89.